The van der Waals surface area contributed by atoms with Gasteiger partial charge in [-0.15, -0.1) is 0 Å². The molecule has 0 N–H and O–H groups in total. The maximum Gasteiger partial charge on any atom is 0.197 e. The molecule has 0 aliphatic rings. The fourth-order valence-corrected chi connectivity index (χ4v) is 6.06. The Morgan fingerprint density at radius 1 is 0.659 bits per heavy atom. The van der Waals surface area contributed by atoms with Crippen molar-refractivity contribution in [2.24, 2.45) is 0 Å². The van der Waals surface area contributed by atoms with Gasteiger partial charge in [0, 0.05) is 21.7 Å². The molecule has 0 bridgehead atoms. The molecule has 3 heterocycles. The van der Waals surface area contributed by atoms with E-state index in [0.29, 0.717) is 50.5 Å². The van der Waals surface area contributed by atoms with Crippen molar-refractivity contribution < 1.29 is 11.3 Å². The van der Waals surface area contributed by atoms with E-state index in [9.17, 15) is 0 Å². The van der Waals surface area contributed by atoms with Crippen LogP contribution >= 0.6 is 0 Å². The van der Waals surface area contributed by atoms with Gasteiger partial charge in [0.2, 0.25) is 0 Å². The second-order valence-electron chi connectivity index (χ2n) is 10.6. The highest BCUT2D eigenvalue weighted by atomic mass is 16.3. The Morgan fingerprint density at radius 2 is 1.48 bits per heavy atom. The molecule has 5 heteroatoms. The fourth-order valence-electron chi connectivity index (χ4n) is 6.06. The minimum absolute atomic E-state index is 0.0885. The van der Waals surface area contributed by atoms with Gasteiger partial charge in [-0.3, -0.25) is 4.57 Å². The lowest BCUT2D eigenvalue weighted by Crippen LogP contribution is -2.01. The van der Waals surface area contributed by atoms with E-state index < -0.39 is 18.1 Å². The highest BCUT2D eigenvalue weighted by Gasteiger charge is 2.22. The zero-order chi connectivity index (χ0) is 33.6. The van der Waals surface area contributed by atoms with Gasteiger partial charge in [-0.25, -0.2) is 14.8 Å². The molecule has 0 saturated carbocycles. The van der Waals surface area contributed by atoms with Gasteiger partial charge < -0.3 is 4.42 Å². The summed E-state index contributed by atoms with van der Waals surface area (Å²) in [5.41, 5.74) is 4.90. The summed E-state index contributed by atoms with van der Waals surface area (Å²) in [5, 5.41) is 4.96. The number of furan rings is 1. The zero-order valence-corrected chi connectivity index (χ0v) is 23.0. The second-order valence-corrected chi connectivity index (χ2v) is 10.6. The van der Waals surface area contributed by atoms with E-state index in [1.807, 2.05) is 42.5 Å². The summed E-state index contributed by atoms with van der Waals surface area (Å²) < 4.78 is 50.2. The molecule has 6 aromatic carbocycles. The van der Waals surface area contributed by atoms with Crippen LogP contribution in [0.3, 0.4) is 0 Å². The molecule has 0 unspecified atom stereocenters. The van der Waals surface area contributed by atoms with Crippen molar-refractivity contribution in [1.29, 1.82) is 0 Å². The quantitative estimate of drug-likeness (QED) is 0.200. The number of fused-ring (bicyclic) bond motifs is 7. The number of hydrogen-bond acceptors (Lipinski definition) is 3. The molecular weight excluding hydrogens is 540 g/mol. The summed E-state index contributed by atoms with van der Waals surface area (Å²) in [6, 6.07) is 31.2. The van der Waals surface area contributed by atoms with Crippen molar-refractivity contribution >= 4 is 60.3 Å². The largest absolute Gasteiger partial charge is 0.450 e. The smallest absolute Gasteiger partial charge is 0.197 e. The van der Waals surface area contributed by atoms with Crippen molar-refractivity contribution in [2.45, 2.75) is 0 Å². The highest BCUT2D eigenvalue weighted by Crippen LogP contribution is 2.40. The third-order valence-corrected chi connectivity index (χ3v) is 8.07. The number of nitrogens with zero attached hydrogens (tertiary/aromatic N) is 4. The lowest BCUT2D eigenvalue weighted by molar-refractivity contribution is 0.662. The maximum atomic E-state index is 8.53. The molecule has 9 aromatic rings. The Balaban J connectivity index is 1.40. The van der Waals surface area contributed by atoms with Gasteiger partial charge in [0.05, 0.1) is 24.5 Å². The lowest BCUT2D eigenvalue weighted by atomic mass is 10.0. The number of para-hydroxylation sites is 1. The van der Waals surface area contributed by atoms with E-state index in [1.54, 1.807) is 30.3 Å². The first kappa shape index (κ1) is 19.8. The van der Waals surface area contributed by atoms with Crippen LogP contribution in [0.5, 0.6) is 0 Å². The Kier molecular flexibility index (Phi) is 4.22. The summed E-state index contributed by atoms with van der Waals surface area (Å²) in [4.78, 5) is 13.7. The van der Waals surface area contributed by atoms with Crippen LogP contribution in [0, 0.1) is 6.57 Å². The SMILES string of the molecule is [2H]c1c([2H])c([2H])c(-c2ccc3c(c2)oc2c(-n4c5ccccc5c5cc6ccccc6cc54)nc(-c4cccc([N+]#[C-])c4)nc23)c([2H])c1[2H]. The second kappa shape index (κ2) is 9.38. The number of hydrogen-bond donors (Lipinski definition) is 0. The molecule has 0 saturated heterocycles. The Hall–Kier alpha value is -6.25. The van der Waals surface area contributed by atoms with Crippen molar-refractivity contribution in [3.63, 3.8) is 0 Å². The summed E-state index contributed by atoms with van der Waals surface area (Å²) in [7, 11) is 0. The van der Waals surface area contributed by atoms with Crippen LogP contribution in [-0.4, -0.2) is 14.5 Å². The van der Waals surface area contributed by atoms with E-state index in [-0.39, 0.29) is 17.6 Å². The molecule has 0 radical (unpaired) electrons. The predicted molar refractivity (Wildman–Crippen MR) is 178 cm³/mol. The van der Waals surface area contributed by atoms with E-state index in [0.717, 1.165) is 32.6 Å². The highest BCUT2D eigenvalue weighted by molar-refractivity contribution is 6.15. The van der Waals surface area contributed by atoms with E-state index in [1.165, 1.54) is 0 Å². The average Bonchev–Trinajstić information content (AvgIpc) is 3.66. The third-order valence-electron chi connectivity index (χ3n) is 8.07. The van der Waals surface area contributed by atoms with E-state index >= 15 is 0 Å². The molecular formula is C39H22N4O. The van der Waals surface area contributed by atoms with Crippen molar-refractivity contribution in [3.8, 4) is 28.3 Å². The molecule has 0 amide bonds. The first-order valence-corrected chi connectivity index (χ1v) is 14.0. The van der Waals surface area contributed by atoms with Crippen LogP contribution in [0.4, 0.5) is 5.69 Å². The standard InChI is InChI=1S/C39H22N4O/c1-40-29-15-9-14-28(20-29)38-41-36-31-19-18-27(24-10-3-2-4-11-24)23-35(31)44-37(36)39(42-38)43-33-17-8-7-16-30(33)32-21-25-12-5-6-13-26(25)22-34(32)43/h2-23H/i2D,3D,4D,10D,11D. The topological polar surface area (TPSA) is 48.2 Å². The molecule has 0 aliphatic carbocycles. The Labute approximate surface area is 259 Å². The molecule has 0 fully saturated rings. The van der Waals surface area contributed by atoms with Crippen LogP contribution < -0.4 is 0 Å². The minimum Gasteiger partial charge on any atom is -0.450 e. The summed E-state index contributed by atoms with van der Waals surface area (Å²) in [5.74, 6) is 0.923. The monoisotopic (exact) mass is 567 g/mol. The first-order valence-electron chi connectivity index (χ1n) is 16.5. The van der Waals surface area contributed by atoms with Crippen LogP contribution in [0.25, 0.3) is 87.8 Å². The average molecular weight is 568 g/mol. The molecule has 204 valence electrons. The van der Waals surface area contributed by atoms with Gasteiger partial charge in [-0.2, -0.15) is 0 Å². The van der Waals surface area contributed by atoms with Gasteiger partial charge >= 0.3 is 0 Å². The van der Waals surface area contributed by atoms with Gasteiger partial charge in [0.1, 0.15) is 11.1 Å². The molecule has 0 atom stereocenters. The molecule has 5 nitrogen and oxygen atoms in total. The van der Waals surface area contributed by atoms with Gasteiger partial charge in [-0.05, 0) is 58.3 Å². The van der Waals surface area contributed by atoms with E-state index in [4.69, 9.17) is 27.8 Å². The normalized spacial score (nSPS) is 13.2. The number of aromatic nitrogens is 3. The number of rotatable bonds is 3. The predicted octanol–water partition coefficient (Wildman–Crippen LogP) is 10.5. The molecule has 44 heavy (non-hydrogen) atoms. The van der Waals surface area contributed by atoms with Gasteiger partial charge in [-0.1, -0.05) is 96.9 Å². The number of benzene rings is 6. The Morgan fingerprint density at radius 3 is 2.34 bits per heavy atom. The van der Waals surface area contributed by atoms with Crippen LogP contribution in [0.2, 0.25) is 0 Å². The lowest BCUT2D eigenvalue weighted by Gasteiger charge is -2.10. The summed E-state index contributed by atoms with van der Waals surface area (Å²) >= 11 is 0. The molecule has 3 aromatic heterocycles. The molecule has 0 spiro atoms. The zero-order valence-electron chi connectivity index (χ0n) is 28.0. The van der Waals surface area contributed by atoms with Crippen LogP contribution in [0.15, 0.2) is 138 Å². The van der Waals surface area contributed by atoms with Gasteiger partial charge in [0.25, 0.3) is 0 Å². The van der Waals surface area contributed by atoms with Crippen molar-refractivity contribution in [2.75, 3.05) is 0 Å². The van der Waals surface area contributed by atoms with E-state index in [2.05, 4.69) is 39.7 Å². The van der Waals surface area contributed by atoms with Gasteiger partial charge in [0.15, 0.2) is 22.9 Å². The fraction of sp³-hybridized carbons (Fsp3) is 0. The summed E-state index contributed by atoms with van der Waals surface area (Å²) in [6.45, 7) is 7.58. The van der Waals surface area contributed by atoms with Crippen LogP contribution in [-0.2, 0) is 0 Å². The molecule has 9 rings (SSSR count). The first-order chi connectivity index (χ1) is 23.8. The van der Waals surface area contributed by atoms with Crippen LogP contribution in [0.1, 0.15) is 6.85 Å². The molecule has 0 aliphatic heterocycles. The minimum atomic E-state index is -0.447. The summed E-state index contributed by atoms with van der Waals surface area (Å²) in [6.07, 6.45) is 0. The van der Waals surface area contributed by atoms with Crippen molar-refractivity contribution in [1.82, 2.24) is 14.5 Å². The Bertz CT molecular complexity index is 2890. The van der Waals surface area contributed by atoms with Crippen molar-refractivity contribution in [3.05, 3.63) is 145 Å². The maximum absolute atomic E-state index is 8.53. The third kappa shape index (κ3) is 3.65.